The average molecular weight is 207 g/mol. The number of rotatable bonds is 7. The molecule has 0 aromatic heterocycles. The van der Waals surface area contributed by atoms with E-state index in [0.29, 0.717) is 0 Å². The van der Waals surface area contributed by atoms with Crippen molar-refractivity contribution in [2.45, 2.75) is 26.8 Å². The molecule has 0 radical (unpaired) electrons. The van der Waals surface area contributed by atoms with Crippen LogP contribution in [0.3, 0.4) is 0 Å². The van der Waals surface area contributed by atoms with Gasteiger partial charge in [-0.15, -0.1) is 0 Å². The Morgan fingerprint density at radius 3 is 2.87 bits per heavy atom. The minimum Gasteiger partial charge on any atom is -0.380 e. The minimum atomic E-state index is 0.805. The molecule has 1 aromatic rings. The summed E-state index contributed by atoms with van der Waals surface area (Å²) in [5.41, 5.74) is 2.65. The van der Waals surface area contributed by atoms with E-state index >= 15 is 0 Å². The summed E-state index contributed by atoms with van der Waals surface area (Å²) in [6.45, 7) is 7.77. The van der Waals surface area contributed by atoms with Crippen molar-refractivity contribution in [3.63, 3.8) is 0 Å². The molecule has 1 N–H and O–H groups in total. The van der Waals surface area contributed by atoms with Crippen LogP contribution in [0.4, 0.5) is 0 Å². The van der Waals surface area contributed by atoms with Gasteiger partial charge in [-0.3, -0.25) is 0 Å². The van der Waals surface area contributed by atoms with E-state index in [1.165, 1.54) is 11.1 Å². The van der Waals surface area contributed by atoms with Crippen molar-refractivity contribution in [1.29, 1.82) is 0 Å². The molecule has 0 saturated heterocycles. The fourth-order valence-electron chi connectivity index (χ4n) is 1.45. The third-order valence-corrected chi connectivity index (χ3v) is 2.18. The fraction of sp³-hybridized carbons (Fsp3) is 0.538. The molecule has 2 nitrogen and oxygen atoms in total. The van der Waals surface area contributed by atoms with Gasteiger partial charge >= 0.3 is 0 Å². The van der Waals surface area contributed by atoms with Crippen LogP contribution in [0.5, 0.6) is 0 Å². The SMILES string of the molecule is CCCOCCNCc1cccc(C)c1. The predicted octanol–water partition coefficient (Wildman–Crippen LogP) is 2.51. The lowest BCUT2D eigenvalue weighted by Crippen LogP contribution is -2.19. The molecule has 0 unspecified atom stereocenters. The fourth-order valence-corrected chi connectivity index (χ4v) is 1.45. The average Bonchev–Trinajstić information content (AvgIpc) is 2.23. The Morgan fingerprint density at radius 1 is 1.27 bits per heavy atom. The Bertz CT molecular complexity index is 273. The summed E-state index contributed by atoms with van der Waals surface area (Å²) in [7, 11) is 0. The molecule has 15 heavy (non-hydrogen) atoms. The second kappa shape index (κ2) is 7.43. The van der Waals surface area contributed by atoms with Gasteiger partial charge in [0.25, 0.3) is 0 Å². The molecule has 2 heteroatoms. The van der Waals surface area contributed by atoms with Crippen molar-refractivity contribution in [2.24, 2.45) is 0 Å². The lowest BCUT2D eigenvalue weighted by Gasteiger charge is -2.06. The highest BCUT2D eigenvalue weighted by Gasteiger charge is 1.92. The summed E-state index contributed by atoms with van der Waals surface area (Å²) < 4.78 is 5.38. The molecular weight excluding hydrogens is 186 g/mol. The van der Waals surface area contributed by atoms with E-state index in [1.807, 2.05) is 0 Å². The van der Waals surface area contributed by atoms with Crippen molar-refractivity contribution >= 4 is 0 Å². The van der Waals surface area contributed by atoms with Crippen molar-refractivity contribution in [1.82, 2.24) is 5.32 Å². The summed E-state index contributed by atoms with van der Waals surface area (Å²) in [6.07, 6.45) is 1.10. The van der Waals surface area contributed by atoms with Crippen LogP contribution in [0.2, 0.25) is 0 Å². The summed E-state index contributed by atoms with van der Waals surface area (Å²) in [5, 5.41) is 3.36. The Kier molecular flexibility index (Phi) is 6.05. The number of hydrogen-bond donors (Lipinski definition) is 1. The van der Waals surface area contributed by atoms with Crippen LogP contribution in [0.15, 0.2) is 24.3 Å². The number of nitrogens with one attached hydrogen (secondary N) is 1. The highest BCUT2D eigenvalue weighted by atomic mass is 16.5. The van der Waals surface area contributed by atoms with Crippen LogP contribution in [0.25, 0.3) is 0 Å². The first-order chi connectivity index (χ1) is 7.33. The molecule has 0 aliphatic heterocycles. The second-order valence-electron chi connectivity index (χ2n) is 3.78. The number of ether oxygens (including phenoxy) is 1. The second-order valence-corrected chi connectivity index (χ2v) is 3.78. The minimum absolute atomic E-state index is 0.805. The Morgan fingerprint density at radius 2 is 2.13 bits per heavy atom. The molecule has 0 atom stereocenters. The zero-order valence-electron chi connectivity index (χ0n) is 9.75. The van der Waals surface area contributed by atoms with Crippen molar-refractivity contribution < 1.29 is 4.74 Å². The van der Waals surface area contributed by atoms with Crippen LogP contribution in [-0.2, 0) is 11.3 Å². The van der Waals surface area contributed by atoms with Gasteiger partial charge in [-0.2, -0.15) is 0 Å². The molecule has 0 spiro atoms. The van der Waals surface area contributed by atoms with Crippen LogP contribution >= 0.6 is 0 Å². The Hall–Kier alpha value is -0.860. The summed E-state index contributed by atoms with van der Waals surface area (Å²) in [5.74, 6) is 0. The molecule has 0 aliphatic carbocycles. The first-order valence-corrected chi connectivity index (χ1v) is 5.67. The molecule has 1 aromatic carbocycles. The smallest absolute Gasteiger partial charge is 0.0591 e. The van der Waals surface area contributed by atoms with Crippen LogP contribution in [0, 0.1) is 6.92 Å². The van der Waals surface area contributed by atoms with E-state index < -0.39 is 0 Å². The predicted molar refractivity (Wildman–Crippen MR) is 64.0 cm³/mol. The van der Waals surface area contributed by atoms with Crippen LogP contribution < -0.4 is 5.32 Å². The molecule has 0 fully saturated rings. The van der Waals surface area contributed by atoms with E-state index in [1.54, 1.807) is 0 Å². The van der Waals surface area contributed by atoms with Crippen LogP contribution in [-0.4, -0.2) is 19.8 Å². The largest absolute Gasteiger partial charge is 0.380 e. The topological polar surface area (TPSA) is 21.3 Å². The van der Waals surface area contributed by atoms with Gasteiger partial charge in [0.15, 0.2) is 0 Å². The van der Waals surface area contributed by atoms with Gasteiger partial charge in [-0.1, -0.05) is 36.8 Å². The van der Waals surface area contributed by atoms with Gasteiger partial charge in [0.05, 0.1) is 6.61 Å². The summed E-state index contributed by atoms with van der Waals surface area (Å²) >= 11 is 0. The van der Waals surface area contributed by atoms with E-state index in [9.17, 15) is 0 Å². The normalized spacial score (nSPS) is 10.5. The number of hydrogen-bond acceptors (Lipinski definition) is 2. The van der Waals surface area contributed by atoms with Gasteiger partial charge in [0.2, 0.25) is 0 Å². The molecule has 0 saturated carbocycles. The summed E-state index contributed by atoms with van der Waals surface area (Å²) in [6, 6.07) is 8.57. The van der Waals surface area contributed by atoms with Crippen LogP contribution in [0.1, 0.15) is 24.5 Å². The zero-order chi connectivity index (χ0) is 10.9. The van der Waals surface area contributed by atoms with E-state index in [0.717, 1.165) is 32.7 Å². The Labute approximate surface area is 92.6 Å². The van der Waals surface area contributed by atoms with E-state index in [2.05, 4.69) is 43.4 Å². The number of aryl methyl sites for hydroxylation is 1. The summed E-state index contributed by atoms with van der Waals surface area (Å²) in [4.78, 5) is 0. The van der Waals surface area contributed by atoms with Gasteiger partial charge in [-0.05, 0) is 18.9 Å². The van der Waals surface area contributed by atoms with E-state index in [-0.39, 0.29) is 0 Å². The van der Waals surface area contributed by atoms with Gasteiger partial charge in [-0.25, -0.2) is 0 Å². The quantitative estimate of drug-likeness (QED) is 0.694. The maximum Gasteiger partial charge on any atom is 0.0591 e. The molecule has 0 heterocycles. The highest BCUT2D eigenvalue weighted by Crippen LogP contribution is 2.02. The molecule has 1 rings (SSSR count). The highest BCUT2D eigenvalue weighted by molar-refractivity contribution is 5.21. The standard InChI is InChI=1S/C13H21NO/c1-3-8-15-9-7-14-11-13-6-4-5-12(2)10-13/h4-6,10,14H,3,7-9,11H2,1-2H3. The first kappa shape index (κ1) is 12.2. The van der Waals surface area contributed by atoms with Gasteiger partial charge < -0.3 is 10.1 Å². The first-order valence-electron chi connectivity index (χ1n) is 5.67. The molecule has 0 amide bonds. The molecule has 84 valence electrons. The lowest BCUT2D eigenvalue weighted by atomic mass is 10.1. The van der Waals surface area contributed by atoms with Gasteiger partial charge in [0.1, 0.15) is 0 Å². The molecule has 0 bridgehead atoms. The van der Waals surface area contributed by atoms with Gasteiger partial charge in [0, 0.05) is 19.7 Å². The number of benzene rings is 1. The molecular formula is C13H21NO. The monoisotopic (exact) mass is 207 g/mol. The maximum absolute atomic E-state index is 5.38. The zero-order valence-corrected chi connectivity index (χ0v) is 9.75. The van der Waals surface area contributed by atoms with Crippen molar-refractivity contribution in [3.05, 3.63) is 35.4 Å². The van der Waals surface area contributed by atoms with E-state index in [4.69, 9.17) is 4.74 Å². The third-order valence-electron chi connectivity index (χ3n) is 2.18. The molecule has 0 aliphatic rings. The lowest BCUT2D eigenvalue weighted by molar-refractivity contribution is 0.136. The third kappa shape index (κ3) is 5.55. The van der Waals surface area contributed by atoms with Crippen molar-refractivity contribution in [3.8, 4) is 0 Å². The Balaban J connectivity index is 2.10. The maximum atomic E-state index is 5.38. The van der Waals surface area contributed by atoms with Crippen molar-refractivity contribution in [2.75, 3.05) is 19.8 Å².